The first-order chi connectivity index (χ1) is 13.2. The first-order valence-electron chi connectivity index (χ1n) is 11.5. The summed E-state index contributed by atoms with van der Waals surface area (Å²) in [6.07, 6.45) is 8.51. The molecule has 0 radical (unpaired) electrons. The fraction of sp³-hybridized carbons (Fsp3) is 0.875. The van der Waals surface area contributed by atoms with Gasteiger partial charge < -0.3 is 9.90 Å². The van der Waals surface area contributed by atoms with Crippen molar-refractivity contribution in [1.82, 2.24) is 0 Å². The van der Waals surface area contributed by atoms with E-state index in [4.69, 9.17) is 0 Å². The van der Waals surface area contributed by atoms with Gasteiger partial charge in [0.15, 0.2) is 0 Å². The molecule has 4 saturated carbocycles. The summed E-state index contributed by atoms with van der Waals surface area (Å²) in [6.45, 7) is 6.56. The van der Waals surface area contributed by atoms with Crippen LogP contribution in [-0.4, -0.2) is 17.5 Å². The van der Waals surface area contributed by atoms with E-state index in [2.05, 4.69) is 20.8 Å². The van der Waals surface area contributed by atoms with Gasteiger partial charge in [-0.15, -0.1) is 0 Å². The number of carboxylic acid groups (broad SMARTS) is 1. The minimum Gasteiger partial charge on any atom is -0.550 e. The largest absolute Gasteiger partial charge is 0.550 e. The third-order valence-electron chi connectivity index (χ3n) is 9.81. The maximum absolute atomic E-state index is 13.6. The third-order valence-corrected chi connectivity index (χ3v) is 9.81. The van der Waals surface area contributed by atoms with Crippen molar-refractivity contribution in [2.24, 2.45) is 46.3 Å². The molecule has 0 unspecified atom stereocenters. The molecule has 28 heavy (non-hydrogen) atoms. The minimum absolute atomic E-state index is 0.0420. The maximum Gasteiger partial charge on any atom is 0.139 e. The number of hydrogen-bond donors (Lipinski definition) is 0. The van der Waals surface area contributed by atoms with E-state index < -0.39 is 11.4 Å². The van der Waals surface area contributed by atoms with Crippen molar-refractivity contribution in [3.8, 4) is 0 Å². The highest BCUT2D eigenvalue weighted by atomic mass is 16.4. The van der Waals surface area contributed by atoms with E-state index in [-0.39, 0.29) is 41.4 Å². The zero-order valence-corrected chi connectivity index (χ0v) is 17.7. The van der Waals surface area contributed by atoms with E-state index in [0.717, 1.165) is 25.7 Å². The van der Waals surface area contributed by atoms with Crippen molar-refractivity contribution in [3.05, 3.63) is 0 Å². The number of fused-ring (bicyclic) bond motifs is 5. The molecule has 4 aliphatic rings. The van der Waals surface area contributed by atoms with Crippen molar-refractivity contribution < 1.29 is 19.5 Å². The molecule has 4 rings (SSSR count). The Hall–Kier alpha value is -1.19. The normalized spacial score (nSPS) is 46.5. The van der Waals surface area contributed by atoms with Crippen molar-refractivity contribution in [2.45, 2.75) is 85.0 Å². The van der Waals surface area contributed by atoms with Gasteiger partial charge in [-0.2, -0.15) is 0 Å². The fourth-order valence-corrected chi connectivity index (χ4v) is 8.17. The number of aliphatic carboxylic acids is 1. The summed E-state index contributed by atoms with van der Waals surface area (Å²) in [5.41, 5.74) is -0.313. The Morgan fingerprint density at radius 3 is 2.57 bits per heavy atom. The number of rotatable bonds is 4. The van der Waals surface area contributed by atoms with Crippen molar-refractivity contribution in [3.63, 3.8) is 0 Å². The van der Waals surface area contributed by atoms with Gasteiger partial charge in [0, 0.05) is 30.1 Å². The topological polar surface area (TPSA) is 74.3 Å². The summed E-state index contributed by atoms with van der Waals surface area (Å²) in [6, 6.07) is 0. The summed E-state index contributed by atoms with van der Waals surface area (Å²) < 4.78 is 0. The molecule has 0 amide bonds. The molecule has 0 bridgehead atoms. The van der Waals surface area contributed by atoms with Crippen LogP contribution in [-0.2, 0) is 14.4 Å². The van der Waals surface area contributed by atoms with E-state index >= 15 is 0 Å². The van der Waals surface area contributed by atoms with E-state index in [1.807, 2.05) is 0 Å². The van der Waals surface area contributed by atoms with Crippen LogP contribution in [0.5, 0.6) is 0 Å². The van der Waals surface area contributed by atoms with Crippen LogP contribution >= 0.6 is 0 Å². The minimum atomic E-state index is -1.01. The van der Waals surface area contributed by atoms with Crippen LogP contribution in [0, 0.1) is 46.3 Å². The van der Waals surface area contributed by atoms with E-state index in [9.17, 15) is 19.5 Å². The molecule has 0 aromatic heterocycles. The summed E-state index contributed by atoms with van der Waals surface area (Å²) in [5, 5.41) is 10.9. The van der Waals surface area contributed by atoms with Gasteiger partial charge >= 0.3 is 0 Å². The Balaban J connectivity index is 1.63. The molecule has 0 N–H and O–H groups in total. The highest BCUT2D eigenvalue weighted by Gasteiger charge is 2.65. The number of hydrogen-bond acceptors (Lipinski definition) is 4. The van der Waals surface area contributed by atoms with Gasteiger partial charge in [0.2, 0.25) is 0 Å². The molecule has 0 aromatic carbocycles. The van der Waals surface area contributed by atoms with E-state index in [1.165, 1.54) is 12.8 Å². The molecule has 4 nitrogen and oxygen atoms in total. The highest BCUT2D eigenvalue weighted by Crippen LogP contribution is 2.66. The molecule has 0 saturated heterocycles. The molecule has 4 aliphatic carbocycles. The second-order valence-corrected chi connectivity index (χ2v) is 10.8. The average molecular weight is 388 g/mol. The van der Waals surface area contributed by atoms with Crippen LogP contribution in [0.25, 0.3) is 0 Å². The lowest BCUT2D eigenvalue weighted by atomic mass is 9.44. The molecular formula is C24H35O4-. The van der Waals surface area contributed by atoms with Crippen LogP contribution in [0.2, 0.25) is 0 Å². The molecule has 0 aliphatic heterocycles. The fourth-order valence-electron chi connectivity index (χ4n) is 8.17. The lowest BCUT2D eigenvalue weighted by Crippen LogP contribution is -2.59. The second-order valence-electron chi connectivity index (χ2n) is 10.8. The summed E-state index contributed by atoms with van der Waals surface area (Å²) in [5.74, 6) is 0.998. The van der Waals surface area contributed by atoms with Gasteiger partial charge in [-0.1, -0.05) is 33.6 Å². The predicted octanol–water partition coefficient (Wildman–Crippen LogP) is 3.56. The van der Waals surface area contributed by atoms with Crippen LogP contribution in [0.3, 0.4) is 0 Å². The molecular weight excluding hydrogens is 352 g/mol. The van der Waals surface area contributed by atoms with Crippen molar-refractivity contribution in [1.29, 1.82) is 0 Å². The lowest BCUT2D eigenvalue weighted by Gasteiger charge is -2.59. The lowest BCUT2D eigenvalue weighted by molar-refractivity contribution is -0.306. The summed E-state index contributed by atoms with van der Waals surface area (Å²) >= 11 is 0. The molecule has 0 aromatic rings. The number of carbonyl (C=O) groups is 3. The Morgan fingerprint density at radius 1 is 1.11 bits per heavy atom. The molecule has 4 fully saturated rings. The van der Waals surface area contributed by atoms with Crippen LogP contribution in [0.4, 0.5) is 0 Å². The van der Waals surface area contributed by atoms with Gasteiger partial charge in [-0.3, -0.25) is 9.59 Å². The molecule has 4 heteroatoms. The van der Waals surface area contributed by atoms with Gasteiger partial charge in [-0.05, 0) is 73.5 Å². The number of carbonyl (C=O) groups excluding carboxylic acids is 3. The first kappa shape index (κ1) is 20.1. The first-order valence-corrected chi connectivity index (χ1v) is 11.5. The second kappa shape index (κ2) is 6.95. The Bertz CT molecular complexity index is 684. The smallest absolute Gasteiger partial charge is 0.139 e. The molecule has 0 heterocycles. The zero-order chi connectivity index (χ0) is 20.3. The summed E-state index contributed by atoms with van der Waals surface area (Å²) in [7, 11) is 0. The number of Topliss-reactive ketones (excluding diaryl/α,β-unsaturated/α-hetero) is 2. The molecule has 156 valence electrons. The Kier molecular flexibility index (Phi) is 4.99. The number of carboxylic acids is 1. The quantitative estimate of drug-likeness (QED) is 0.739. The van der Waals surface area contributed by atoms with Crippen LogP contribution in [0.15, 0.2) is 0 Å². The standard InChI is InChI=1S/C24H36O4/c1-14(7-10-21(27)28)16-8-9-17-22-18(13-20(26)24(16,17)3)23(2)11-5-4-6-15(23)12-19(22)25/h14-18,22H,4-13H2,1-3H3,(H,27,28)/p-1/t14-,15-,16+,17-,18-,22+,23-,24+/m0/s1. The average Bonchev–Trinajstić information content (AvgIpc) is 3.00. The van der Waals surface area contributed by atoms with Gasteiger partial charge in [0.1, 0.15) is 11.6 Å². The van der Waals surface area contributed by atoms with Crippen molar-refractivity contribution >= 4 is 17.5 Å². The van der Waals surface area contributed by atoms with Gasteiger partial charge in [-0.25, -0.2) is 0 Å². The third kappa shape index (κ3) is 2.81. The number of ketones is 2. The Labute approximate surface area is 168 Å². The van der Waals surface area contributed by atoms with Crippen LogP contribution < -0.4 is 5.11 Å². The van der Waals surface area contributed by atoms with E-state index in [1.54, 1.807) is 0 Å². The predicted molar refractivity (Wildman–Crippen MR) is 104 cm³/mol. The Morgan fingerprint density at radius 2 is 1.86 bits per heavy atom. The zero-order valence-electron chi connectivity index (χ0n) is 17.7. The SMILES string of the molecule is C[C@@H](CCC(=O)[O-])[C@H]1CC[C@H]2[C@H]3C(=O)C[C@@H]4CCCC[C@]4(C)[C@H]3CC(=O)[C@]12C. The van der Waals surface area contributed by atoms with Gasteiger partial charge in [0.05, 0.1) is 0 Å². The highest BCUT2D eigenvalue weighted by molar-refractivity contribution is 5.92. The van der Waals surface area contributed by atoms with Crippen molar-refractivity contribution in [2.75, 3.05) is 0 Å². The maximum atomic E-state index is 13.6. The molecule has 0 spiro atoms. The van der Waals surface area contributed by atoms with Gasteiger partial charge in [0.25, 0.3) is 0 Å². The monoisotopic (exact) mass is 387 g/mol. The van der Waals surface area contributed by atoms with Crippen LogP contribution in [0.1, 0.15) is 85.0 Å². The molecule has 8 atom stereocenters. The summed E-state index contributed by atoms with van der Waals surface area (Å²) in [4.78, 5) is 37.8. The van der Waals surface area contributed by atoms with E-state index in [0.29, 0.717) is 36.7 Å².